The van der Waals surface area contributed by atoms with Gasteiger partial charge in [0.05, 0.1) is 7.11 Å². The number of aromatic nitrogens is 2. The summed E-state index contributed by atoms with van der Waals surface area (Å²) in [6.07, 6.45) is 9.01. The summed E-state index contributed by atoms with van der Waals surface area (Å²) >= 11 is 0. The van der Waals surface area contributed by atoms with Crippen molar-refractivity contribution < 1.29 is 14.3 Å². The van der Waals surface area contributed by atoms with Crippen molar-refractivity contribution in [3.8, 4) is 11.4 Å². The highest BCUT2D eigenvalue weighted by molar-refractivity contribution is 5.92. The molecular weight excluding hydrogens is 392 g/mol. The van der Waals surface area contributed by atoms with Crippen LogP contribution in [0.1, 0.15) is 61.0 Å². The fraction of sp³-hybridized carbons (Fsp3) is 0.542. The van der Waals surface area contributed by atoms with E-state index < -0.39 is 0 Å². The van der Waals surface area contributed by atoms with E-state index in [0.29, 0.717) is 17.4 Å². The van der Waals surface area contributed by atoms with Crippen LogP contribution in [0.25, 0.3) is 5.69 Å². The Labute approximate surface area is 183 Å². The van der Waals surface area contributed by atoms with Crippen LogP contribution in [0.3, 0.4) is 0 Å². The van der Waals surface area contributed by atoms with Crippen LogP contribution in [0, 0.1) is 12.8 Å². The summed E-state index contributed by atoms with van der Waals surface area (Å²) in [6.45, 7) is 3.44. The summed E-state index contributed by atoms with van der Waals surface area (Å²) < 4.78 is 7.10. The lowest BCUT2D eigenvalue weighted by molar-refractivity contribution is -0.137. The maximum Gasteiger partial charge on any atom is 0.272 e. The molecule has 0 unspecified atom stereocenters. The number of carbonyl (C=O) groups excluding carboxylic acids is 2. The number of likely N-dealkylation sites (tertiary alicyclic amines) is 1. The molecule has 0 radical (unpaired) electrons. The van der Waals surface area contributed by atoms with Gasteiger partial charge in [-0.05, 0) is 56.4 Å². The van der Waals surface area contributed by atoms with E-state index in [0.717, 1.165) is 50.0 Å². The highest BCUT2D eigenvalue weighted by atomic mass is 16.5. The van der Waals surface area contributed by atoms with E-state index in [9.17, 15) is 9.59 Å². The first-order valence-electron chi connectivity index (χ1n) is 11.4. The smallest absolute Gasteiger partial charge is 0.272 e. The molecule has 1 aromatic carbocycles. The van der Waals surface area contributed by atoms with Crippen LogP contribution in [0.5, 0.6) is 5.75 Å². The van der Waals surface area contributed by atoms with Gasteiger partial charge < -0.3 is 15.0 Å². The monoisotopic (exact) mass is 424 g/mol. The van der Waals surface area contributed by atoms with Crippen LogP contribution in [0.4, 0.5) is 0 Å². The average Bonchev–Trinajstić information content (AvgIpc) is 3.30. The Morgan fingerprint density at radius 2 is 1.81 bits per heavy atom. The van der Waals surface area contributed by atoms with E-state index in [2.05, 4.69) is 10.4 Å². The van der Waals surface area contributed by atoms with Crippen molar-refractivity contribution in [1.82, 2.24) is 20.0 Å². The van der Waals surface area contributed by atoms with Gasteiger partial charge in [0.15, 0.2) is 5.69 Å². The zero-order valence-electron chi connectivity index (χ0n) is 18.5. The van der Waals surface area contributed by atoms with Gasteiger partial charge in [0.25, 0.3) is 5.91 Å². The van der Waals surface area contributed by atoms with Crippen molar-refractivity contribution in [2.75, 3.05) is 20.2 Å². The Kier molecular flexibility index (Phi) is 6.59. The number of methoxy groups -OCH3 is 1. The summed E-state index contributed by atoms with van der Waals surface area (Å²) in [5.74, 6) is 1.05. The van der Waals surface area contributed by atoms with E-state index in [-0.39, 0.29) is 17.9 Å². The number of amides is 2. The minimum atomic E-state index is -0.178. The van der Waals surface area contributed by atoms with Gasteiger partial charge in [-0.15, -0.1) is 0 Å². The minimum absolute atomic E-state index is 0.0709. The second-order valence-electron chi connectivity index (χ2n) is 8.73. The van der Waals surface area contributed by atoms with E-state index in [1.807, 2.05) is 30.0 Å². The highest BCUT2D eigenvalue weighted by Crippen LogP contribution is 2.27. The number of ether oxygens (including phenoxy) is 1. The van der Waals surface area contributed by atoms with E-state index in [1.54, 1.807) is 24.1 Å². The van der Waals surface area contributed by atoms with Crippen molar-refractivity contribution >= 4 is 11.8 Å². The molecule has 1 N–H and O–H groups in total. The third-order valence-electron chi connectivity index (χ3n) is 6.50. The number of piperidine rings is 1. The molecule has 1 aliphatic heterocycles. The Bertz CT molecular complexity index is 925. The lowest BCUT2D eigenvalue weighted by atomic mass is 9.87. The van der Waals surface area contributed by atoms with Gasteiger partial charge in [0.2, 0.25) is 5.91 Å². The molecule has 2 heterocycles. The van der Waals surface area contributed by atoms with Crippen molar-refractivity contribution in [2.24, 2.45) is 5.92 Å². The molecule has 2 amide bonds. The number of rotatable bonds is 5. The van der Waals surface area contributed by atoms with Crippen molar-refractivity contribution in [3.63, 3.8) is 0 Å². The molecule has 4 rings (SSSR count). The molecule has 31 heavy (non-hydrogen) atoms. The lowest BCUT2D eigenvalue weighted by Crippen LogP contribution is -2.48. The number of hydrogen-bond donors (Lipinski definition) is 1. The normalized spacial score (nSPS) is 18.1. The molecule has 2 aromatic rings. The highest BCUT2D eigenvalue weighted by Gasteiger charge is 2.29. The number of nitrogens with zero attached hydrogens (tertiary/aromatic N) is 3. The maximum absolute atomic E-state index is 12.7. The minimum Gasteiger partial charge on any atom is -0.494 e. The largest absolute Gasteiger partial charge is 0.494 e. The molecule has 1 saturated carbocycles. The molecule has 1 aromatic heterocycles. The zero-order valence-corrected chi connectivity index (χ0v) is 18.5. The molecule has 0 atom stereocenters. The number of hydrogen-bond acceptors (Lipinski definition) is 4. The second kappa shape index (κ2) is 9.54. The van der Waals surface area contributed by atoms with Gasteiger partial charge in [0.1, 0.15) is 11.4 Å². The van der Waals surface area contributed by atoms with Gasteiger partial charge in [0, 0.05) is 31.2 Å². The first-order valence-corrected chi connectivity index (χ1v) is 11.4. The summed E-state index contributed by atoms with van der Waals surface area (Å²) in [7, 11) is 1.62. The SMILES string of the molecule is COc1ccc(C)cc1-n1ccc(C(=O)NC2CCN(C(=O)C3CCCCC3)CC2)n1. The third-order valence-corrected chi connectivity index (χ3v) is 6.50. The standard InChI is InChI=1S/C24H32N4O3/c1-17-8-9-22(31-2)21(16-17)28-15-12-20(26-28)23(29)25-19-10-13-27(14-11-19)24(30)18-6-4-3-5-7-18/h8-9,12,15-16,18-19H,3-7,10-11,13-14H2,1-2H3,(H,25,29). The molecule has 2 fully saturated rings. The Hall–Kier alpha value is -2.83. The molecular formula is C24H32N4O3. The maximum atomic E-state index is 12.7. The van der Waals surface area contributed by atoms with Crippen LogP contribution in [0.15, 0.2) is 30.5 Å². The van der Waals surface area contributed by atoms with Crippen LogP contribution in [-0.2, 0) is 4.79 Å². The molecule has 1 aliphatic carbocycles. The number of benzene rings is 1. The summed E-state index contributed by atoms with van der Waals surface area (Å²) in [6, 6.07) is 7.65. The molecule has 0 spiro atoms. The first kappa shape index (κ1) is 21.4. The molecule has 0 bridgehead atoms. The van der Waals surface area contributed by atoms with Crippen molar-refractivity contribution in [3.05, 3.63) is 41.7 Å². The predicted octanol–water partition coefficient (Wildman–Crippen LogP) is 3.49. The quantitative estimate of drug-likeness (QED) is 0.797. The zero-order chi connectivity index (χ0) is 21.8. The molecule has 166 valence electrons. The van der Waals surface area contributed by atoms with Gasteiger partial charge in [-0.3, -0.25) is 9.59 Å². The Morgan fingerprint density at radius 1 is 1.06 bits per heavy atom. The molecule has 1 saturated heterocycles. The third kappa shape index (κ3) is 4.92. The summed E-state index contributed by atoms with van der Waals surface area (Å²) in [5.41, 5.74) is 2.27. The summed E-state index contributed by atoms with van der Waals surface area (Å²) in [5, 5.41) is 7.56. The van der Waals surface area contributed by atoms with E-state index in [1.165, 1.54) is 19.3 Å². The number of aryl methyl sites for hydroxylation is 1. The van der Waals surface area contributed by atoms with Crippen LogP contribution >= 0.6 is 0 Å². The molecule has 2 aliphatic rings. The number of carbonyl (C=O) groups is 2. The summed E-state index contributed by atoms with van der Waals surface area (Å²) in [4.78, 5) is 27.5. The fourth-order valence-electron chi connectivity index (χ4n) is 4.67. The van der Waals surface area contributed by atoms with Crippen LogP contribution < -0.4 is 10.1 Å². The molecule has 7 heteroatoms. The van der Waals surface area contributed by atoms with E-state index >= 15 is 0 Å². The van der Waals surface area contributed by atoms with Gasteiger partial charge in [-0.2, -0.15) is 5.10 Å². The Morgan fingerprint density at radius 3 is 2.52 bits per heavy atom. The van der Waals surface area contributed by atoms with Crippen molar-refractivity contribution in [2.45, 2.75) is 57.9 Å². The van der Waals surface area contributed by atoms with Crippen LogP contribution in [0.2, 0.25) is 0 Å². The van der Waals surface area contributed by atoms with Gasteiger partial charge in [-0.1, -0.05) is 25.3 Å². The van der Waals surface area contributed by atoms with Crippen LogP contribution in [-0.4, -0.2) is 52.7 Å². The van der Waals surface area contributed by atoms with E-state index in [4.69, 9.17) is 4.74 Å². The Balaban J connectivity index is 1.33. The fourth-order valence-corrected chi connectivity index (χ4v) is 4.67. The topological polar surface area (TPSA) is 76.5 Å². The van der Waals surface area contributed by atoms with Gasteiger partial charge in [-0.25, -0.2) is 4.68 Å². The van der Waals surface area contributed by atoms with Gasteiger partial charge >= 0.3 is 0 Å². The average molecular weight is 425 g/mol. The predicted molar refractivity (Wildman–Crippen MR) is 118 cm³/mol. The lowest BCUT2D eigenvalue weighted by Gasteiger charge is -2.35. The first-order chi connectivity index (χ1) is 15.0. The molecule has 7 nitrogen and oxygen atoms in total. The second-order valence-corrected chi connectivity index (χ2v) is 8.73. The van der Waals surface area contributed by atoms with Crippen molar-refractivity contribution in [1.29, 1.82) is 0 Å². The number of nitrogens with one attached hydrogen (secondary N) is 1.